The van der Waals surface area contributed by atoms with E-state index in [1.807, 2.05) is 35.0 Å². The summed E-state index contributed by atoms with van der Waals surface area (Å²) < 4.78 is 3.08. The van der Waals surface area contributed by atoms with E-state index in [9.17, 15) is 9.59 Å². The highest BCUT2D eigenvalue weighted by Crippen LogP contribution is 2.13. The van der Waals surface area contributed by atoms with Crippen molar-refractivity contribution in [2.45, 2.75) is 13.0 Å². The zero-order chi connectivity index (χ0) is 18.6. The quantitative estimate of drug-likeness (QED) is 0.587. The molecule has 0 saturated carbocycles. The molecule has 0 aliphatic carbocycles. The van der Waals surface area contributed by atoms with Gasteiger partial charge >= 0.3 is 0 Å². The van der Waals surface area contributed by atoms with Gasteiger partial charge in [0.2, 0.25) is 5.91 Å². The number of carbonyl (C=O) groups excluding carboxylic acids is 1. The van der Waals surface area contributed by atoms with Crippen LogP contribution >= 0.6 is 0 Å². The number of nitrogens with one attached hydrogen (secondary N) is 1. The van der Waals surface area contributed by atoms with E-state index in [1.54, 1.807) is 36.8 Å². The molecule has 0 saturated heterocycles. The highest BCUT2D eigenvalue weighted by Gasteiger charge is 2.08. The molecule has 2 heterocycles. The lowest BCUT2D eigenvalue weighted by atomic mass is 10.2. The maximum absolute atomic E-state index is 12.4. The number of fused-ring (bicyclic) bond motifs is 1. The SMILES string of the molecule is O=C(CCn1nnc2ccccc2c1=O)Nc1ccc(-n2ccnc2)cc1. The Hall–Kier alpha value is -3.81. The molecule has 0 aliphatic rings. The fourth-order valence-corrected chi connectivity index (χ4v) is 2.73. The van der Waals surface area contributed by atoms with Crippen molar-refractivity contribution in [2.24, 2.45) is 0 Å². The van der Waals surface area contributed by atoms with Gasteiger partial charge in [0.15, 0.2) is 0 Å². The second-order valence-electron chi connectivity index (χ2n) is 5.95. The van der Waals surface area contributed by atoms with Crippen LogP contribution in [0.4, 0.5) is 5.69 Å². The fraction of sp³-hybridized carbons (Fsp3) is 0.105. The number of aromatic nitrogens is 5. The van der Waals surface area contributed by atoms with Crippen molar-refractivity contribution in [3.05, 3.63) is 77.6 Å². The largest absolute Gasteiger partial charge is 0.326 e. The third kappa shape index (κ3) is 3.59. The van der Waals surface area contributed by atoms with Gasteiger partial charge in [0.1, 0.15) is 5.52 Å². The van der Waals surface area contributed by atoms with E-state index in [1.165, 1.54) is 4.68 Å². The summed E-state index contributed by atoms with van der Waals surface area (Å²) in [5.74, 6) is -0.202. The molecule has 0 fully saturated rings. The molecule has 0 aliphatic heterocycles. The highest BCUT2D eigenvalue weighted by atomic mass is 16.2. The van der Waals surface area contributed by atoms with Crippen LogP contribution in [-0.4, -0.2) is 30.5 Å². The van der Waals surface area contributed by atoms with Crippen LogP contribution in [0.2, 0.25) is 0 Å². The fourth-order valence-electron chi connectivity index (χ4n) is 2.73. The van der Waals surface area contributed by atoms with Crippen molar-refractivity contribution in [1.29, 1.82) is 0 Å². The first kappa shape index (κ1) is 16.6. The van der Waals surface area contributed by atoms with Gasteiger partial charge in [-0.1, -0.05) is 17.3 Å². The number of benzene rings is 2. The lowest BCUT2D eigenvalue weighted by molar-refractivity contribution is -0.116. The highest BCUT2D eigenvalue weighted by molar-refractivity contribution is 5.90. The lowest BCUT2D eigenvalue weighted by Crippen LogP contribution is -2.26. The first-order valence-electron chi connectivity index (χ1n) is 8.41. The smallest absolute Gasteiger partial charge is 0.277 e. The molecule has 27 heavy (non-hydrogen) atoms. The van der Waals surface area contributed by atoms with E-state index in [0.29, 0.717) is 16.6 Å². The van der Waals surface area contributed by atoms with Gasteiger partial charge in [0.05, 0.1) is 18.3 Å². The van der Waals surface area contributed by atoms with Crippen LogP contribution in [0.5, 0.6) is 0 Å². The minimum absolute atomic E-state index is 0.121. The van der Waals surface area contributed by atoms with Gasteiger partial charge in [0.25, 0.3) is 5.56 Å². The van der Waals surface area contributed by atoms with Crippen molar-refractivity contribution in [2.75, 3.05) is 5.32 Å². The number of aryl methyl sites for hydroxylation is 1. The van der Waals surface area contributed by atoms with Crippen molar-refractivity contribution in [3.63, 3.8) is 0 Å². The molecular formula is C19H16N6O2. The zero-order valence-corrected chi connectivity index (χ0v) is 14.3. The van der Waals surface area contributed by atoms with E-state index in [-0.39, 0.29) is 24.4 Å². The van der Waals surface area contributed by atoms with Crippen molar-refractivity contribution >= 4 is 22.5 Å². The molecular weight excluding hydrogens is 344 g/mol. The minimum Gasteiger partial charge on any atom is -0.326 e. The maximum atomic E-state index is 12.4. The normalized spacial score (nSPS) is 10.8. The van der Waals surface area contributed by atoms with Crippen molar-refractivity contribution < 1.29 is 4.79 Å². The van der Waals surface area contributed by atoms with Gasteiger partial charge in [0, 0.05) is 30.2 Å². The lowest BCUT2D eigenvalue weighted by Gasteiger charge is -2.08. The summed E-state index contributed by atoms with van der Waals surface area (Å²) in [6.07, 6.45) is 5.37. The number of nitrogens with zero attached hydrogens (tertiary/aromatic N) is 5. The summed E-state index contributed by atoms with van der Waals surface area (Å²) in [4.78, 5) is 28.6. The minimum atomic E-state index is -0.252. The number of anilines is 1. The standard InChI is InChI=1S/C19H16N6O2/c26-18(21-14-5-7-15(8-6-14)24-12-10-20-13-24)9-11-25-19(27)16-3-1-2-4-17(16)22-23-25/h1-8,10,12-13H,9,11H2,(H,21,26). The van der Waals surface area contributed by atoms with Crippen molar-refractivity contribution in [3.8, 4) is 5.69 Å². The second-order valence-corrected chi connectivity index (χ2v) is 5.95. The van der Waals surface area contributed by atoms with Crippen LogP contribution in [0, 0.1) is 0 Å². The molecule has 0 atom stereocenters. The average molecular weight is 360 g/mol. The average Bonchev–Trinajstić information content (AvgIpc) is 3.23. The number of amides is 1. The topological polar surface area (TPSA) is 94.7 Å². The summed E-state index contributed by atoms with van der Waals surface area (Å²) >= 11 is 0. The van der Waals surface area contributed by atoms with Crippen LogP contribution < -0.4 is 10.9 Å². The Morgan fingerprint density at radius 3 is 2.67 bits per heavy atom. The molecule has 4 aromatic rings. The Labute approximate surface area is 154 Å². The number of rotatable bonds is 5. The maximum Gasteiger partial charge on any atom is 0.277 e. The van der Waals surface area contributed by atoms with Crippen LogP contribution in [0.3, 0.4) is 0 Å². The molecule has 1 N–H and O–H groups in total. The number of carbonyl (C=O) groups is 1. The molecule has 0 spiro atoms. The summed E-state index contributed by atoms with van der Waals surface area (Å²) in [7, 11) is 0. The molecule has 2 aromatic carbocycles. The molecule has 0 bridgehead atoms. The third-order valence-corrected chi connectivity index (χ3v) is 4.13. The van der Waals surface area contributed by atoms with E-state index >= 15 is 0 Å². The molecule has 2 aromatic heterocycles. The number of imidazole rings is 1. The Morgan fingerprint density at radius 2 is 1.89 bits per heavy atom. The van der Waals surface area contributed by atoms with Crippen LogP contribution in [-0.2, 0) is 11.3 Å². The van der Waals surface area contributed by atoms with E-state index < -0.39 is 0 Å². The van der Waals surface area contributed by atoms with E-state index in [2.05, 4.69) is 20.6 Å². The summed E-state index contributed by atoms with van der Waals surface area (Å²) in [5.41, 5.74) is 1.92. The Balaban J connectivity index is 1.40. The van der Waals surface area contributed by atoms with E-state index in [0.717, 1.165) is 5.69 Å². The predicted octanol–water partition coefficient (Wildman–Crippen LogP) is 2.01. The van der Waals surface area contributed by atoms with Crippen LogP contribution in [0.1, 0.15) is 6.42 Å². The van der Waals surface area contributed by atoms with Gasteiger partial charge < -0.3 is 9.88 Å². The van der Waals surface area contributed by atoms with Gasteiger partial charge in [-0.25, -0.2) is 9.67 Å². The monoisotopic (exact) mass is 360 g/mol. The number of hydrogen-bond acceptors (Lipinski definition) is 5. The van der Waals surface area contributed by atoms with Crippen molar-refractivity contribution in [1.82, 2.24) is 24.5 Å². The molecule has 8 nitrogen and oxygen atoms in total. The Morgan fingerprint density at radius 1 is 1.07 bits per heavy atom. The van der Waals surface area contributed by atoms with Gasteiger partial charge in [-0.3, -0.25) is 9.59 Å². The third-order valence-electron chi connectivity index (χ3n) is 4.13. The Kier molecular flexibility index (Phi) is 4.44. The first-order chi connectivity index (χ1) is 13.2. The zero-order valence-electron chi connectivity index (χ0n) is 14.3. The second kappa shape index (κ2) is 7.20. The summed E-state index contributed by atoms with van der Waals surface area (Å²) in [6.45, 7) is 0.162. The summed E-state index contributed by atoms with van der Waals surface area (Å²) in [5, 5.41) is 11.2. The first-order valence-corrected chi connectivity index (χ1v) is 8.41. The Bertz CT molecular complexity index is 1130. The number of hydrogen-bond donors (Lipinski definition) is 1. The van der Waals surface area contributed by atoms with Gasteiger partial charge in [-0.15, -0.1) is 5.10 Å². The molecule has 4 rings (SSSR count). The van der Waals surface area contributed by atoms with Crippen LogP contribution in [0.15, 0.2) is 72.0 Å². The molecule has 134 valence electrons. The molecule has 1 amide bonds. The predicted molar refractivity (Wildman–Crippen MR) is 101 cm³/mol. The van der Waals surface area contributed by atoms with E-state index in [4.69, 9.17) is 0 Å². The molecule has 8 heteroatoms. The van der Waals surface area contributed by atoms with Gasteiger partial charge in [-0.05, 0) is 36.4 Å². The van der Waals surface area contributed by atoms with Gasteiger partial charge in [-0.2, -0.15) is 0 Å². The summed E-state index contributed by atoms with van der Waals surface area (Å²) in [6, 6.07) is 14.4. The molecule has 0 unspecified atom stereocenters. The molecule has 0 radical (unpaired) electrons. The van der Waals surface area contributed by atoms with Crippen LogP contribution in [0.25, 0.3) is 16.6 Å².